The van der Waals surface area contributed by atoms with Crippen LogP contribution in [0.25, 0.3) is 11.0 Å². The lowest BCUT2D eigenvalue weighted by molar-refractivity contribution is 0.0661. The monoisotopic (exact) mass is 248 g/mol. The predicted molar refractivity (Wildman–Crippen MR) is 68.4 cm³/mol. The third-order valence-electron chi connectivity index (χ3n) is 2.84. The zero-order chi connectivity index (χ0) is 13.5. The summed E-state index contributed by atoms with van der Waals surface area (Å²) < 4.78 is 10.6. The molecule has 0 saturated heterocycles. The average molecular weight is 248 g/mol. The van der Waals surface area contributed by atoms with Gasteiger partial charge in [-0.15, -0.1) is 0 Å². The van der Waals surface area contributed by atoms with Gasteiger partial charge in [-0.2, -0.15) is 0 Å². The number of aromatic carboxylic acids is 1. The van der Waals surface area contributed by atoms with Crippen molar-refractivity contribution in [3.8, 4) is 5.75 Å². The smallest absolute Gasteiger partial charge is 0.372 e. The van der Waals surface area contributed by atoms with Crippen molar-refractivity contribution in [2.24, 2.45) is 0 Å². The Morgan fingerprint density at radius 2 is 2.00 bits per heavy atom. The summed E-state index contributed by atoms with van der Waals surface area (Å²) in [4.78, 5) is 11.3. The molecule has 1 aromatic heterocycles. The molecular weight excluding hydrogens is 232 g/mol. The van der Waals surface area contributed by atoms with Crippen LogP contribution in [0.3, 0.4) is 0 Å². The van der Waals surface area contributed by atoms with Gasteiger partial charge < -0.3 is 14.3 Å². The molecule has 0 aliphatic carbocycles. The zero-order valence-electron chi connectivity index (χ0n) is 10.9. The van der Waals surface area contributed by atoms with E-state index >= 15 is 0 Å². The Kier molecular flexibility index (Phi) is 2.81. The number of rotatable bonds is 2. The molecule has 2 rings (SSSR count). The number of carboxylic acids is 1. The average Bonchev–Trinajstić information content (AvgIpc) is 2.66. The first-order valence-corrected chi connectivity index (χ1v) is 5.69. The fraction of sp³-hybridized carbons (Fsp3) is 0.357. The van der Waals surface area contributed by atoms with Crippen LogP contribution in [-0.4, -0.2) is 18.2 Å². The van der Waals surface area contributed by atoms with Crippen molar-refractivity contribution >= 4 is 16.9 Å². The molecule has 1 N–H and O–H groups in total. The van der Waals surface area contributed by atoms with Crippen LogP contribution < -0.4 is 4.74 Å². The Morgan fingerprint density at radius 3 is 2.50 bits per heavy atom. The molecule has 2 aromatic rings. The van der Waals surface area contributed by atoms with Crippen LogP contribution in [0, 0.1) is 0 Å². The van der Waals surface area contributed by atoms with Crippen molar-refractivity contribution in [2.45, 2.75) is 26.2 Å². The topological polar surface area (TPSA) is 59.7 Å². The first-order valence-electron chi connectivity index (χ1n) is 5.69. The van der Waals surface area contributed by atoms with Gasteiger partial charge >= 0.3 is 5.97 Å². The maximum Gasteiger partial charge on any atom is 0.372 e. The summed E-state index contributed by atoms with van der Waals surface area (Å²) in [6.45, 7) is 5.88. The number of methoxy groups -OCH3 is 1. The molecule has 0 unspecified atom stereocenters. The van der Waals surface area contributed by atoms with E-state index in [1.54, 1.807) is 19.2 Å². The standard InChI is InChI=1S/C14H16O4/c1-14(2,3)11-9-7-8(17-4)5-6-10(9)18-12(11)13(15)16/h5-7H,1-4H3,(H,15,16). The van der Waals surface area contributed by atoms with Crippen LogP contribution in [0.4, 0.5) is 0 Å². The molecule has 1 heterocycles. The lowest BCUT2D eigenvalue weighted by atomic mass is 9.85. The summed E-state index contributed by atoms with van der Waals surface area (Å²) in [5.41, 5.74) is 0.952. The van der Waals surface area contributed by atoms with Gasteiger partial charge in [-0.1, -0.05) is 20.8 Å². The number of carbonyl (C=O) groups is 1. The number of furan rings is 1. The molecule has 0 spiro atoms. The second kappa shape index (κ2) is 4.05. The van der Waals surface area contributed by atoms with Gasteiger partial charge in [0.2, 0.25) is 5.76 Å². The SMILES string of the molecule is COc1ccc2oc(C(=O)O)c(C(C)(C)C)c2c1. The molecule has 18 heavy (non-hydrogen) atoms. The Hall–Kier alpha value is -1.97. The highest BCUT2D eigenvalue weighted by Crippen LogP contribution is 2.37. The van der Waals surface area contributed by atoms with Gasteiger partial charge in [0.1, 0.15) is 11.3 Å². The van der Waals surface area contributed by atoms with Crippen LogP contribution in [-0.2, 0) is 5.41 Å². The van der Waals surface area contributed by atoms with Crippen LogP contribution >= 0.6 is 0 Å². The van der Waals surface area contributed by atoms with Gasteiger partial charge in [0.15, 0.2) is 0 Å². The Labute approximate surface area is 105 Å². The molecule has 4 nitrogen and oxygen atoms in total. The summed E-state index contributed by atoms with van der Waals surface area (Å²) in [5, 5.41) is 10.0. The van der Waals surface area contributed by atoms with E-state index in [9.17, 15) is 9.90 Å². The molecule has 4 heteroatoms. The molecule has 0 aliphatic rings. The lowest BCUT2D eigenvalue weighted by Crippen LogP contribution is -2.15. The largest absolute Gasteiger partial charge is 0.497 e. The molecule has 0 fully saturated rings. The number of carboxylic acid groups (broad SMARTS) is 1. The minimum absolute atomic E-state index is 0.00533. The zero-order valence-corrected chi connectivity index (χ0v) is 10.9. The van der Waals surface area contributed by atoms with E-state index in [-0.39, 0.29) is 11.2 Å². The maximum atomic E-state index is 11.3. The lowest BCUT2D eigenvalue weighted by Gasteiger charge is -2.18. The van der Waals surface area contributed by atoms with Crippen molar-refractivity contribution in [3.63, 3.8) is 0 Å². The van der Waals surface area contributed by atoms with Gasteiger partial charge in [0.05, 0.1) is 7.11 Å². The molecule has 0 atom stereocenters. The fourth-order valence-electron chi connectivity index (χ4n) is 2.10. The van der Waals surface area contributed by atoms with Crippen molar-refractivity contribution in [1.82, 2.24) is 0 Å². The highest BCUT2D eigenvalue weighted by atomic mass is 16.5. The Balaban J connectivity index is 2.83. The molecular formula is C14H16O4. The summed E-state index contributed by atoms with van der Waals surface area (Å²) in [6, 6.07) is 5.30. The van der Waals surface area contributed by atoms with Crippen LogP contribution in [0.2, 0.25) is 0 Å². The summed E-state index contributed by atoms with van der Waals surface area (Å²) in [7, 11) is 1.58. The van der Waals surface area contributed by atoms with Gasteiger partial charge in [0, 0.05) is 10.9 Å². The third-order valence-corrected chi connectivity index (χ3v) is 2.84. The van der Waals surface area contributed by atoms with Crippen LogP contribution in [0.15, 0.2) is 22.6 Å². The Morgan fingerprint density at radius 1 is 1.33 bits per heavy atom. The van der Waals surface area contributed by atoms with Crippen molar-refractivity contribution in [1.29, 1.82) is 0 Å². The molecule has 0 aliphatic heterocycles. The van der Waals surface area contributed by atoms with Gasteiger partial charge in [-0.05, 0) is 23.6 Å². The predicted octanol–water partition coefficient (Wildman–Crippen LogP) is 3.44. The maximum absolute atomic E-state index is 11.3. The number of hydrogen-bond acceptors (Lipinski definition) is 3. The van der Waals surface area contributed by atoms with E-state index in [2.05, 4.69) is 0 Å². The summed E-state index contributed by atoms with van der Waals surface area (Å²) in [5.74, 6) is -0.355. The van der Waals surface area contributed by atoms with Gasteiger partial charge in [-0.25, -0.2) is 4.79 Å². The van der Waals surface area contributed by atoms with Crippen molar-refractivity contribution < 1.29 is 19.1 Å². The van der Waals surface area contributed by atoms with E-state index in [1.807, 2.05) is 26.8 Å². The molecule has 96 valence electrons. The minimum atomic E-state index is -1.05. The van der Waals surface area contributed by atoms with Crippen LogP contribution in [0.1, 0.15) is 36.9 Å². The highest BCUT2D eigenvalue weighted by molar-refractivity contribution is 5.96. The quantitative estimate of drug-likeness (QED) is 0.884. The number of hydrogen-bond donors (Lipinski definition) is 1. The molecule has 0 amide bonds. The molecule has 0 saturated carbocycles. The normalized spacial score (nSPS) is 11.8. The van der Waals surface area contributed by atoms with Gasteiger partial charge in [-0.3, -0.25) is 0 Å². The van der Waals surface area contributed by atoms with E-state index in [1.165, 1.54) is 0 Å². The van der Waals surface area contributed by atoms with E-state index in [0.29, 0.717) is 16.9 Å². The summed E-state index contributed by atoms with van der Waals surface area (Å²) >= 11 is 0. The van der Waals surface area contributed by atoms with E-state index < -0.39 is 5.97 Å². The molecule has 0 radical (unpaired) electrons. The van der Waals surface area contributed by atoms with Crippen molar-refractivity contribution in [2.75, 3.05) is 7.11 Å². The number of fused-ring (bicyclic) bond motifs is 1. The number of benzene rings is 1. The second-order valence-corrected chi connectivity index (χ2v) is 5.22. The van der Waals surface area contributed by atoms with Crippen molar-refractivity contribution in [3.05, 3.63) is 29.5 Å². The summed E-state index contributed by atoms with van der Waals surface area (Å²) in [6.07, 6.45) is 0. The molecule has 0 bridgehead atoms. The van der Waals surface area contributed by atoms with E-state index in [0.717, 1.165) is 5.39 Å². The van der Waals surface area contributed by atoms with Gasteiger partial charge in [0.25, 0.3) is 0 Å². The minimum Gasteiger partial charge on any atom is -0.497 e. The first kappa shape index (κ1) is 12.5. The fourth-order valence-corrected chi connectivity index (χ4v) is 2.10. The Bertz CT molecular complexity index is 602. The first-order chi connectivity index (χ1) is 8.34. The highest BCUT2D eigenvalue weighted by Gasteiger charge is 2.29. The van der Waals surface area contributed by atoms with Crippen LogP contribution in [0.5, 0.6) is 5.75 Å². The number of ether oxygens (including phenoxy) is 1. The second-order valence-electron chi connectivity index (χ2n) is 5.22. The molecule has 1 aromatic carbocycles. The van der Waals surface area contributed by atoms with E-state index in [4.69, 9.17) is 9.15 Å². The third kappa shape index (κ3) is 1.94.